The summed E-state index contributed by atoms with van der Waals surface area (Å²) >= 11 is 0. The number of aryl methyl sites for hydroxylation is 1. The van der Waals surface area contributed by atoms with E-state index in [0.29, 0.717) is 28.8 Å². The second kappa shape index (κ2) is 7.99. The molecule has 4 rings (SSSR count). The van der Waals surface area contributed by atoms with Gasteiger partial charge in [0.05, 0.1) is 17.5 Å². The summed E-state index contributed by atoms with van der Waals surface area (Å²) < 4.78 is 19.3. The summed E-state index contributed by atoms with van der Waals surface area (Å²) in [4.78, 5) is 25.1. The Morgan fingerprint density at radius 1 is 1.14 bits per heavy atom. The molecule has 4 N–H and O–H groups in total. The average Bonchev–Trinajstić information content (AvgIpc) is 3.10. The number of benzene rings is 1. The molecule has 0 spiro atoms. The van der Waals surface area contributed by atoms with E-state index in [2.05, 4.69) is 10.6 Å². The van der Waals surface area contributed by atoms with Gasteiger partial charge in [-0.15, -0.1) is 0 Å². The van der Waals surface area contributed by atoms with Crippen molar-refractivity contribution in [3.63, 3.8) is 0 Å². The second-order valence-corrected chi connectivity index (χ2v) is 8.23. The Morgan fingerprint density at radius 3 is 2.52 bits per heavy atom. The van der Waals surface area contributed by atoms with Crippen LogP contribution in [0, 0.1) is 30.5 Å². The SMILES string of the molecule is Cc1occc1C(=O)Nc1cc(NC(=O)C2CC3CCCC(C2)C3N)ccc1F. The number of amides is 2. The van der Waals surface area contributed by atoms with Crippen LogP contribution in [0.15, 0.2) is 34.9 Å². The standard InChI is InChI=1S/C22H26FN3O3/c1-12-17(7-8-29-12)22(28)26-19-11-16(5-6-18(19)23)25-21(27)15-9-13-3-2-4-14(10-15)20(13)24/h5-8,11,13-15,20H,2-4,9-10,24H2,1H3,(H,25,27)(H,26,28). The molecule has 2 aliphatic rings. The summed E-state index contributed by atoms with van der Waals surface area (Å²) in [6, 6.07) is 5.90. The molecule has 6 nitrogen and oxygen atoms in total. The van der Waals surface area contributed by atoms with Crippen molar-refractivity contribution in [3.8, 4) is 0 Å². The maximum atomic E-state index is 14.2. The third-order valence-electron chi connectivity index (χ3n) is 6.37. The van der Waals surface area contributed by atoms with Gasteiger partial charge in [-0.2, -0.15) is 0 Å². The Bertz CT molecular complexity index is 912. The van der Waals surface area contributed by atoms with Crippen LogP contribution in [0.3, 0.4) is 0 Å². The van der Waals surface area contributed by atoms with E-state index in [4.69, 9.17) is 10.2 Å². The summed E-state index contributed by atoms with van der Waals surface area (Å²) in [5.41, 5.74) is 7.11. The molecule has 2 fully saturated rings. The quantitative estimate of drug-likeness (QED) is 0.722. The smallest absolute Gasteiger partial charge is 0.259 e. The molecule has 2 aromatic rings. The fourth-order valence-electron chi connectivity index (χ4n) is 4.76. The van der Waals surface area contributed by atoms with E-state index in [9.17, 15) is 14.0 Å². The van der Waals surface area contributed by atoms with E-state index in [1.54, 1.807) is 6.92 Å². The van der Waals surface area contributed by atoms with Crippen LogP contribution >= 0.6 is 0 Å². The molecule has 29 heavy (non-hydrogen) atoms. The molecule has 7 heteroatoms. The Hall–Kier alpha value is -2.67. The number of fused-ring (bicyclic) bond motifs is 2. The zero-order valence-corrected chi connectivity index (χ0v) is 16.4. The largest absolute Gasteiger partial charge is 0.469 e. The monoisotopic (exact) mass is 399 g/mol. The molecule has 2 bridgehead atoms. The van der Waals surface area contributed by atoms with Gasteiger partial charge in [-0.05, 0) is 68.7 Å². The number of nitrogens with one attached hydrogen (secondary N) is 2. The summed E-state index contributed by atoms with van der Waals surface area (Å²) in [6.07, 6.45) is 6.36. The van der Waals surface area contributed by atoms with E-state index >= 15 is 0 Å². The summed E-state index contributed by atoms with van der Waals surface area (Å²) in [6.45, 7) is 1.66. The maximum Gasteiger partial charge on any atom is 0.259 e. The molecule has 0 saturated heterocycles. The highest BCUT2D eigenvalue weighted by molar-refractivity contribution is 6.05. The minimum atomic E-state index is -0.573. The molecule has 1 heterocycles. The predicted octanol–water partition coefficient (Wildman–Crippen LogP) is 4.07. The number of halogens is 1. The Kier molecular flexibility index (Phi) is 5.41. The number of nitrogens with two attached hydrogens (primary N) is 1. The fourth-order valence-corrected chi connectivity index (χ4v) is 4.76. The van der Waals surface area contributed by atoms with Gasteiger partial charge in [-0.25, -0.2) is 4.39 Å². The number of anilines is 2. The lowest BCUT2D eigenvalue weighted by Gasteiger charge is -2.43. The number of carbonyl (C=O) groups excluding carboxylic acids is 2. The highest BCUT2D eigenvalue weighted by Crippen LogP contribution is 2.42. The van der Waals surface area contributed by atoms with Crippen molar-refractivity contribution in [2.24, 2.45) is 23.5 Å². The summed E-state index contributed by atoms with van der Waals surface area (Å²) in [5.74, 6) is 0.0704. The van der Waals surface area contributed by atoms with Gasteiger partial charge in [-0.1, -0.05) is 6.42 Å². The van der Waals surface area contributed by atoms with Crippen LogP contribution in [0.25, 0.3) is 0 Å². The van der Waals surface area contributed by atoms with E-state index < -0.39 is 11.7 Å². The normalized spacial score (nSPS) is 26.0. The van der Waals surface area contributed by atoms with Crippen LogP contribution in [0.5, 0.6) is 0 Å². The first kappa shape index (κ1) is 19.6. The Balaban J connectivity index is 1.44. The predicted molar refractivity (Wildman–Crippen MR) is 108 cm³/mol. The Morgan fingerprint density at radius 2 is 1.86 bits per heavy atom. The third-order valence-corrected chi connectivity index (χ3v) is 6.37. The molecular weight excluding hydrogens is 373 g/mol. The van der Waals surface area contributed by atoms with Gasteiger partial charge >= 0.3 is 0 Å². The first-order chi connectivity index (χ1) is 13.9. The van der Waals surface area contributed by atoms with Crippen LogP contribution < -0.4 is 16.4 Å². The molecule has 0 radical (unpaired) electrons. The van der Waals surface area contributed by atoms with Crippen molar-refractivity contribution in [2.45, 2.75) is 45.1 Å². The number of hydrogen-bond donors (Lipinski definition) is 3. The molecule has 2 saturated carbocycles. The molecule has 2 aliphatic carbocycles. The van der Waals surface area contributed by atoms with Crippen LogP contribution in [0.1, 0.15) is 48.2 Å². The zero-order chi connectivity index (χ0) is 20.5. The lowest BCUT2D eigenvalue weighted by atomic mass is 9.65. The van der Waals surface area contributed by atoms with Gasteiger partial charge in [-0.3, -0.25) is 9.59 Å². The molecule has 0 aliphatic heterocycles. The minimum absolute atomic E-state index is 0.0101. The molecule has 1 aromatic heterocycles. The van der Waals surface area contributed by atoms with Crippen molar-refractivity contribution in [1.29, 1.82) is 0 Å². The van der Waals surface area contributed by atoms with Crippen LogP contribution in [-0.4, -0.2) is 17.9 Å². The topological polar surface area (TPSA) is 97.4 Å². The summed E-state index contributed by atoms with van der Waals surface area (Å²) in [5, 5.41) is 5.43. The first-order valence-electron chi connectivity index (χ1n) is 10.1. The maximum absolute atomic E-state index is 14.2. The molecule has 154 valence electrons. The van der Waals surface area contributed by atoms with Crippen molar-refractivity contribution >= 4 is 23.2 Å². The van der Waals surface area contributed by atoms with Gasteiger partial charge < -0.3 is 20.8 Å². The molecule has 2 amide bonds. The fraction of sp³-hybridized carbons (Fsp3) is 0.455. The molecule has 2 atom stereocenters. The van der Waals surface area contributed by atoms with E-state index in [1.807, 2.05) is 0 Å². The lowest BCUT2D eigenvalue weighted by Crippen LogP contribution is -2.48. The van der Waals surface area contributed by atoms with Gasteiger partial charge in [0.15, 0.2) is 0 Å². The van der Waals surface area contributed by atoms with Gasteiger partial charge in [0, 0.05) is 17.6 Å². The molecular formula is C22H26FN3O3. The van der Waals surface area contributed by atoms with Crippen molar-refractivity contribution < 1.29 is 18.4 Å². The van der Waals surface area contributed by atoms with E-state index in [0.717, 1.165) is 25.7 Å². The van der Waals surface area contributed by atoms with E-state index in [-0.39, 0.29) is 23.6 Å². The number of hydrogen-bond acceptors (Lipinski definition) is 4. The van der Waals surface area contributed by atoms with Crippen molar-refractivity contribution in [1.82, 2.24) is 0 Å². The lowest BCUT2D eigenvalue weighted by molar-refractivity contribution is -0.122. The van der Waals surface area contributed by atoms with E-state index in [1.165, 1.54) is 36.9 Å². The van der Waals surface area contributed by atoms with Crippen molar-refractivity contribution in [2.75, 3.05) is 10.6 Å². The second-order valence-electron chi connectivity index (χ2n) is 8.23. The number of furan rings is 1. The Labute approximate surface area is 169 Å². The van der Waals surface area contributed by atoms with Gasteiger partial charge in [0.2, 0.25) is 5.91 Å². The highest BCUT2D eigenvalue weighted by Gasteiger charge is 2.40. The van der Waals surface area contributed by atoms with Crippen molar-refractivity contribution in [3.05, 3.63) is 47.7 Å². The number of carbonyl (C=O) groups is 2. The van der Waals surface area contributed by atoms with Crippen LogP contribution in [-0.2, 0) is 4.79 Å². The zero-order valence-electron chi connectivity index (χ0n) is 16.4. The van der Waals surface area contributed by atoms with Gasteiger partial charge in [0.1, 0.15) is 11.6 Å². The third kappa shape index (κ3) is 4.05. The van der Waals surface area contributed by atoms with Crippen LogP contribution in [0.4, 0.5) is 15.8 Å². The molecule has 2 unspecified atom stereocenters. The van der Waals surface area contributed by atoms with Crippen LogP contribution in [0.2, 0.25) is 0 Å². The average molecular weight is 399 g/mol. The first-order valence-corrected chi connectivity index (χ1v) is 10.1. The molecule has 1 aromatic carbocycles. The summed E-state index contributed by atoms with van der Waals surface area (Å²) in [7, 11) is 0. The minimum Gasteiger partial charge on any atom is -0.469 e. The van der Waals surface area contributed by atoms with Gasteiger partial charge in [0.25, 0.3) is 5.91 Å². The number of rotatable bonds is 4. The highest BCUT2D eigenvalue weighted by atomic mass is 19.1.